The monoisotopic (exact) mass is 169 g/mol. The summed E-state index contributed by atoms with van der Waals surface area (Å²) in [5, 5.41) is 3.35. The lowest BCUT2D eigenvalue weighted by Crippen LogP contribution is -2.25. The van der Waals surface area contributed by atoms with Crippen LogP contribution in [-0.2, 0) is 0 Å². The summed E-state index contributed by atoms with van der Waals surface area (Å²) >= 11 is 0. The first kappa shape index (κ1) is 11.7. The van der Waals surface area contributed by atoms with Crippen LogP contribution < -0.4 is 5.32 Å². The fraction of sp³-hybridized carbons (Fsp3) is 0.818. The minimum Gasteiger partial charge on any atom is -0.317 e. The van der Waals surface area contributed by atoms with Gasteiger partial charge in [-0.05, 0) is 32.2 Å². The van der Waals surface area contributed by atoms with Gasteiger partial charge >= 0.3 is 0 Å². The van der Waals surface area contributed by atoms with E-state index >= 15 is 0 Å². The maximum absolute atomic E-state index is 3.79. The summed E-state index contributed by atoms with van der Waals surface area (Å²) in [6, 6.07) is 0.706. The SMILES string of the molecule is C=CC(C)CCC(CCC)NC. The van der Waals surface area contributed by atoms with Crippen LogP contribution in [0.25, 0.3) is 0 Å². The van der Waals surface area contributed by atoms with E-state index < -0.39 is 0 Å². The molecule has 0 aromatic heterocycles. The van der Waals surface area contributed by atoms with Crippen molar-refractivity contribution in [3.63, 3.8) is 0 Å². The predicted octanol–water partition coefficient (Wildman–Crippen LogP) is 2.98. The summed E-state index contributed by atoms with van der Waals surface area (Å²) in [4.78, 5) is 0. The van der Waals surface area contributed by atoms with E-state index in [0.717, 1.165) is 0 Å². The van der Waals surface area contributed by atoms with Crippen LogP contribution in [0.4, 0.5) is 0 Å². The molecule has 0 aromatic rings. The quantitative estimate of drug-likeness (QED) is 0.578. The van der Waals surface area contributed by atoms with Gasteiger partial charge in [0.15, 0.2) is 0 Å². The smallest absolute Gasteiger partial charge is 0.00641 e. The van der Waals surface area contributed by atoms with Gasteiger partial charge in [-0.1, -0.05) is 26.3 Å². The maximum atomic E-state index is 3.79. The molecule has 0 rings (SSSR count). The van der Waals surface area contributed by atoms with Crippen LogP contribution in [0, 0.1) is 5.92 Å². The van der Waals surface area contributed by atoms with Gasteiger partial charge in [0.2, 0.25) is 0 Å². The first-order valence-electron chi connectivity index (χ1n) is 5.04. The number of allylic oxidation sites excluding steroid dienone is 1. The molecule has 0 aliphatic carbocycles. The van der Waals surface area contributed by atoms with Gasteiger partial charge in [-0.25, -0.2) is 0 Å². The third-order valence-corrected chi connectivity index (χ3v) is 2.42. The minimum atomic E-state index is 0.665. The average molecular weight is 169 g/mol. The van der Waals surface area contributed by atoms with E-state index in [1.165, 1.54) is 25.7 Å². The topological polar surface area (TPSA) is 12.0 Å². The van der Waals surface area contributed by atoms with Crippen LogP contribution in [0.3, 0.4) is 0 Å². The summed E-state index contributed by atoms with van der Waals surface area (Å²) < 4.78 is 0. The molecule has 0 aliphatic heterocycles. The molecule has 0 heterocycles. The molecule has 2 atom stereocenters. The van der Waals surface area contributed by atoms with E-state index in [4.69, 9.17) is 0 Å². The highest BCUT2D eigenvalue weighted by molar-refractivity contribution is 4.76. The molecule has 0 radical (unpaired) electrons. The molecular formula is C11H23N. The van der Waals surface area contributed by atoms with Gasteiger partial charge < -0.3 is 5.32 Å². The van der Waals surface area contributed by atoms with Gasteiger partial charge in [0.1, 0.15) is 0 Å². The molecule has 0 aromatic carbocycles. The minimum absolute atomic E-state index is 0.665. The van der Waals surface area contributed by atoms with E-state index in [9.17, 15) is 0 Å². The molecule has 2 unspecified atom stereocenters. The fourth-order valence-corrected chi connectivity index (χ4v) is 1.36. The Labute approximate surface area is 77.2 Å². The molecule has 1 nitrogen and oxygen atoms in total. The fourth-order valence-electron chi connectivity index (χ4n) is 1.36. The van der Waals surface area contributed by atoms with Gasteiger partial charge in [-0.2, -0.15) is 0 Å². The Morgan fingerprint density at radius 3 is 2.42 bits per heavy atom. The molecule has 0 fully saturated rings. The molecule has 12 heavy (non-hydrogen) atoms. The number of rotatable bonds is 7. The van der Waals surface area contributed by atoms with Crippen LogP contribution in [0.15, 0.2) is 12.7 Å². The molecule has 0 saturated heterocycles. The zero-order valence-electron chi connectivity index (χ0n) is 8.77. The van der Waals surface area contributed by atoms with E-state index in [0.29, 0.717) is 12.0 Å². The molecule has 1 N–H and O–H groups in total. The Kier molecular flexibility index (Phi) is 7.17. The zero-order valence-corrected chi connectivity index (χ0v) is 8.77. The molecule has 0 saturated carbocycles. The van der Waals surface area contributed by atoms with E-state index in [-0.39, 0.29) is 0 Å². The number of hydrogen-bond donors (Lipinski definition) is 1. The van der Waals surface area contributed by atoms with Crippen molar-refractivity contribution in [1.29, 1.82) is 0 Å². The second-order valence-electron chi connectivity index (χ2n) is 3.56. The molecule has 0 amide bonds. The second-order valence-corrected chi connectivity index (χ2v) is 3.56. The lowest BCUT2D eigenvalue weighted by Gasteiger charge is -2.16. The van der Waals surface area contributed by atoms with Crippen molar-refractivity contribution < 1.29 is 0 Å². The van der Waals surface area contributed by atoms with Crippen molar-refractivity contribution in [2.24, 2.45) is 5.92 Å². The number of hydrogen-bond acceptors (Lipinski definition) is 1. The normalized spacial score (nSPS) is 15.6. The van der Waals surface area contributed by atoms with Gasteiger partial charge in [0.25, 0.3) is 0 Å². The van der Waals surface area contributed by atoms with Crippen LogP contribution in [0.2, 0.25) is 0 Å². The second kappa shape index (κ2) is 7.35. The van der Waals surface area contributed by atoms with Crippen LogP contribution in [-0.4, -0.2) is 13.1 Å². The average Bonchev–Trinajstić information content (AvgIpc) is 2.11. The van der Waals surface area contributed by atoms with Gasteiger partial charge in [0.05, 0.1) is 0 Å². The Bertz CT molecular complexity index is 110. The highest BCUT2D eigenvalue weighted by Gasteiger charge is 2.05. The van der Waals surface area contributed by atoms with E-state index in [1.54, 1.807) is 0 Å². The number of nitrogens with one attached hydrogen (secondary N) is 1. The molecule has 0 aliphatic rings. The van der Waals surface area contributed by atoms with Gasteiger partial charge in [-0.3, -0.25) is 0 Å². The van der Waals surface area contributed by atoms with Crippen LogP contribution in [0.5, 0.6) is 0 Å². The van der Waals surface area contributed by atoms with E-state index in [1.807, 2.05) is 6.08 Å². The lowest BCUT2D eigenvalue weighted by molar-refractivity contribution is 0.444. The van der Waals surface area contributed by atoms with Crippen molar-refractivity contribution in [1.82, 2.24) is 5.32 Å². The van der Waals surface area contributed by atoms with Crippen LogP contribution in [0.1, 0.15) is 39.5 Å². The zero-order chi connectivity index (χ0) is 9.40. The molecule has 0 spiro atoms. The molecule has 0 bridgehead atoms. The first-order valence-corrected chi connectivity index (χ1v) is 5.04. The lowest BCUT2D eigenvalue weighted by atomic mass is 9.99. The summed E-state index contributed by atoms with van der Waals surface area (Å²) in [5.74, 6) is 0.665. The highest BCUT2D eigenvalue weighted by atomic mass is 14.9. The first-order chi connectivity index (χ1) is 5.74. The largest absolute Gasteiger partial charge is 0.317 e. The molecule has 1 heteroatoms. The summed E-state index contributed by atoms with van der Waals surface area (Å²) in [5.41, 5.74) is 0. The Morgan fingerprint density at radius 2 is 2.00 bits per heavy atom. The van der Waals surface area contributed by atoms with E-state index in [2.05, 4.69) is 32.8 Å². The summed E-state index contributed by atoms with van der Waals surface area (Å²) in [6.45, 7) is 8.26. The molecule has 72 valence electrons. The summed E-state index contributed by atoms with van der Waals surface area (Å²) in [7, 11) is 2.05. The standard InChI is InChI=1S/C11H23N/c1-5-7-11(12-4)9-8-10(3)6-2/h6,10-12H,2,5,7-9H2,1,3-4H3. The van der Waals surface area contributed by atoms with Crippen molar-refractivity contribution in [2.45, 2.75) is 45.6 Å². The Morgan fingerprint density at radius 1 is 1.33 bits per heavy atom. The van der Waals surface area contributed by atoms with Gasteiger partial charge in [0, 0.05) is 6.04 Å². The third-order valence-electron chi connectivity index (χ3n) is 2.42. The third kappa shape index (κ3) is 5.36. The Balaban J connectivity index is 3.49. The Hall–Kier alpha value is -0.300. The van der Waals surface area contributed by atoms with Crippen molar-refractivity contribution in [3.05, 3.63) is 12.7 Å². The highest BCUT2D eigenvalue weighted by Crippen LogP contribution is 2.11. The van der Waals surface area contributed by atoms with Crippen molar-refractivity contribution in [3.8, 4) is 0 Å². The summed E-state index contributed by atoms with van der Waals surface area (Å²) in [6.07, 6.45) is 7.14. The van der Waals surface area contributed by atoms with Gasteiger partial charge in [-0.15, -0.1) is 6.58 Å². The molecular weight excluding hydrogens is 146 g/mol. The predicted molar refractivity (Wildman–Crippen MR) is 56.4 cm³/mol. The maximum Gasteiger partial charge on any atom is 0.00641 e. The van der Waals surface area contributed by atoms with Crippen molar-refractivity contribution in [2.75, 3.05) is 7.05 Å². The van der Waals surface area contributed by atoms with Crippen LogP contribution >= 0.6 is 0 Å². The van der Waals surface area contributed by atoms with Crippen molar-refractivity contribution >= 4 is 0 Å².